The summed E-state index contributed by atoms with van der Waals surface area (Å²) in [5.74, 6) is 0. The highest BCUT2D eigenvalue weighted by Gasteiger charge is 2.05. The number of rotatable bonds is 2. The van der Waals surface area contributed by atoms with Gasteiger partial charge in [0.25, 0.3) is 0 Å². The molecule has 4 nitrogen and oxygen atoms in total. The molecule has 68 valence electrons. The summed E-state index contributed by atoms with van der Waals surface area (Å²) in [5.41, 5.74) is 1.68. The van der Waals surface area contributed by atoms with Crippen molar-refractivity contribution < 1.29 is 4.74 Å². The van der Waals surface area contributed by atoms with Crippen molar-refractivity contribution in [2.75, 3.05) is 7.11 Å². The molecule has 2 aromatic rings. The number of halogens is 1. The standard InChI is InChI=1S/C8H8ClN3O/c1-13-5-7-8-4-6(9)2-3-12(8)11-10-7/h2-4H,5H2,1H3. The largest absolute Gasteiger partial charge is 0.378 e. The predicted molar refractivity (Wildman–Crippen MR) is 48.7 cm³/mol. The molecular weight excluding hydrogens is 190 g/mol. The number of nitrogens with zero attached hydrogens (tertiary/aromatic N) is 3. The van der Waals surface area contributed by atoms with E-state index in [-0.39, 0.29) is 0 Å². The van der Waals surface area contributed by atoms with Gasteiger partial charge in [-0.25, -0.2) is 4.52 Å². The summed E-state index contributed by atoms with van der Waals surface area (Å²) in [5, 5.41) is 8.54. The quantitative estimate of drug-likeness (QED) is 0.733. The zero-order valence-corrected chi connectivity index (χ0v) is 7.82. The van der Waals surface area contributed by atoms with Crippen molar-refractivity contribution in [2.24, 2.45) is 0 Å². The maximum Gasteiger partial charge on any atom is 0.116 e. The van der Waals surface area contributed by atoms with Crippen LogP contribution in [0.25, 0.3) is 5.52 Å². The molecule has 0 atom stereocenters. The fourth-order valence-corrected chi connectivity index (χ4v) is 1.31. The average Bonchev–Trinajstić information content (AvgIpc) is 2.49. The van der Waals surface area contributed by atoms with Crippen LogP contribution in [0.3, 0.4) is 0 Å². The predicted octanol–water partition coefficient (Wildman–Crippen LogP) is 1.53. The van der Waals surface area contributed by atoms with Gasteiger partial charge in [0.05, 0.1) is 12.1 Å². The first kappa shape index (κ1) is 8.47. The molecule has 0 aliphatic rings. The first-order valence-electron chi connectivity index (χ1n) is 3.79. The maximum absolute atomic E-state index is 5.84. The smallest absolute Gasteiger partial charge is 0.116 e. The fourth-order valence-electron chi connectivity index (χ4n) is 1.15. The van der Waals surface area contributed by atoms with Crippen molar-refractivity contribution in [3.63, 3.8) is 0 Å². The lowest BCUT2D eigenvalue weighted by Gasteiger charge is -1.95. The highest BCUT2D eigenvalue weighted by atomic mass is 35.5. The Bertz CT molecular complexity index is 426. The molecule has 0 aliphatic heterocycles. The minimum atomic E-state index is 0.448. The molecule has 0 amide bonds. The van der Waals surface area contributed by atoms with Crippen LogP contribution in [0.2, 0.25) is 5.02 Å². The third-order valence-corrected chi connectivity index (χ3v) is 1.97. The van der Waals surface area contributed by atoms with Gasteiger partial charge < -0.3 is 4.74 Å². The molecule has 13 heavy (non-hydrogen) atoms. The van der Waals surface area contributed by atoms with Crippen LogP contribution in [-0.2, 0) is 11.3 Å². The van der Waals surface area contributed by atoms with Gasteiger partial charge >= 0.3 is 0 Å². The maximum atomic E-state index is 5.84. The number of methoxy groups -OCH3 is 1. The molecule has 2 rings (SSSR count). The van der Waals surface area contributed by atoms with Gasteiger partial charge in [0, 0.05) is 18.3 Å². The van der Waals surface area contributed by atoms with E-state index < -0.39 is 0 Å². The van der Waals surface area contributed by atoms with Crippen molar-refractivity contribution in [2.45, 2.75) is 6.61 Å². The van der Waals surface area contributed by atoms with E-state index in [1.54, 1.807) is 23.9 Å². The van der Waals surface area contributed by atoms with Crippen LogP contribution >= 0.6 is 11.6 Å². The van der Waals surface area contributed by atoms with Gasteiger partial charge in [0.1, 0.15) is 5.69 Å². The SMILES string of the molecule is COCc1nnn2ccc(Cl)cc12. The van der Waals surface area contributed by atoms with E-state index in [0.717, 1.165) is 11.2 Å². The molecule has 0 radical (unpaired) electrons. The van der Waals surface area contributed by atoms with Crippen molar-refractivity contribution in [1.82, 2.24) is 14.8 Å². The van der Waals surface area contributed by atoms with E-state index in [1.165, 1.54) is 0 Å². The molecule has 0 unspecified atom stereocenters. The van der Waals surface area contributed by atoms with Gasteiger partial charge in [0.2, 0.25) is 0 Å². The minimum Gasteiger partial charge on any atom is -0.378 e. The second-order valence-electron chi connectivity index (χ2n) is 2.64. The zero-order valence-electron chi connectivity index (χ0n) is 7.07. The third-order valence-electron chi connectivity index (χ3n) is 1.73. The molecular formula is C8H8ClN3O. The van der Waals surface area contributed by atoms with E-state index in [0.29, 0.717) is 11.6 Å². The number of fused-ring (bicyclic) bond motifs is 1. The molecule has 5 heteroatoms. The van der Waals surface area contributed by atoms with Crippen LogP contribution < -0.4 is 0 Å². The van der Waals surface area contributed by atoms with Crippen LogP contribution in [0.4, 0.5) is 0 Å². The second kappa shape index (κ2) is 3.32. The van der Waals surface area contributed by atoms with Gasteiger partial charge in [-0.1, -0.05) is 16.8 Å². The van der Waals surface area contributed by atoms with Crippen LogP contribution in [0, 0.1) is 0 Å². The van der Waals surface area contributed by atoms with Crippen molar-refractivity contribution >= 4 is 17.1 Å². The zero-order chi connectivity index (χ0) is 9.26. The molecule has 0 saturated carbocycles. The summed E-state index contributed by atoms with van der Waals surface area (Å²) < 4.78 is 6.64. The van der Waals surface area contributed by atoms with Crippen molar-refractivity contribution in [3.05, 3.63) is 29.0 Å². The molecule has 0 saturated heterocycles. The Morgan fingerprint density at radius 1 is 1.62 bits per heavy atom. The van der Waals surface area contributed by atoms with Crippen LogP contribution in [0.5, 0.6) is 0 Å². The number of pyridine rings is 1. The van der Waals surface area contributed by atoms with Gasteiger partial charge in [-0.15, -0.1) is 5.10 Å². The molecule has 2 aromatic heterocycles. The summed E-state index contributed by atoms with van der Waals surface area (Å²) in [6.45, 7) is 0.448. The first-order chi connectivity index (χ1) is 6.31. The Balaban J connectivity index is 2.58. The number of aromatic nitrogens is 3. The molecule has 0 spiro atoms. The fraction of sp³-hybridized carbons (Fsp3) is 0.250. The Morgan fingerprint density at radius 2 is 2.46 bits per heavy atom. The van der Waals surface area contributed by atoms with Crippen LogP contribution in [0.15, 0.2) is 18.3 Å². The molecule has 2 heterocycles. The summed E-state index contributed by atoms with van der Waals surface area (Å²) in [6.07, 6.45) is 1.77. The Morgan fingerprint density at radius 3 is 3.23 bits per heavy atom. The van der Waals surface area contributed by atoms with Crippen LogP contribution in [-0.4, -0.2) is 21.9 Å². The lowest BCUT2D eigenvalue weighted by atomic mass is 10.3. The highest BCUT2D eigenvalue weighted by molar-refractivity contribution is 6.30. The van der Waals surface area contributed by atoms with Gasteiger partial charge in [-0.05, 0) is 12.1 Å². The Hall–Kier alpha value is -1.13. The van der Waals surface area contributed by atoms with E-state index in [9.17, 15) is 0 Å². The lowest BCUT2D eigenvalue weighted by molar-refractivity contribution is 0.182. The molecule has 0 fully saturated rings. The van der Waals surface area contributed by atoms with Gasteiger partial charge in [-0.2, -0.15) is 0 Å². The number of hydrogen-bond donors (Lipinski definition) is 0. The van der Waals surface area contributed by atoms with Gasteiger partial charge in [0.15, 0.2) is 0 Å². The monoisotopic (exact) mass is 197 g/mol. The molecule has 0 N–H and O–H groups in total. The summed E-state index contributed by atoms with van der Waals surface area (Å²) in [6, 6.07) is 3.58. The van der Waals surface area contributed by atoms with E-state index in [4.69, 9.17) is 16.3 Å². The molecule has 0 aromatic carbocycles. The third kappa shape index (κ3) is 1.50. The van der Waals surface area contributed by atoms with E-state index in [2.05, 4.69) is 10.3 Å². The van der Waals surface area contributed by atoms with E-state index in [1.807, 2.05) is 6.07 Å². The lowest BCUT2D eigenvalue weighted by Crippen LogP contribution is -1.88. The number of hydrogen-bond acceptors (Lipinski definition) is 3. The minimum absolute atomic E-state index is 0.448. The second-order valence-corrected chi connectivity index (χ2v) is 3.08. The van der Waals surface area contributed by atoms with Gasteiger partial charge in [-0.3, -0.25) is 0 Å². The summed E-state index contributed by atoms with van der Waals surface area (Å²) in [7, 11) is 1.62. The number of ether oxygens (including phenoxy) is 1. The molecule has 0 aliphatic carbocycles. The Kier molecular flexibility index (Phi) is 2.16. The van der Waals surface area contributed by atoms with Crippen molar-refractivity contribution in [3.8, 4) is 0 Å². The topological polar surface area (TPSA) is 39.4 Å². The molecule has 0 bridgehead atoms. The highest BCUT2D eigenvalue weighted by Crippen LogP contribution is 2.14. The average molecular weight is 198 g/mol. The van der Waals surface area contributed by atoms with Crippen LogP contribution in [0.1, 0.15) is 5.69 Å². The first-order valence-corrected chi connectivity index (χ1v) is 4.17. The summed E-state index contributed by atoms with van der Waals surface area (Å²) in [4.78, 5) is 0. The Labute approximate surface area is 80.1 Å². The normalized spacial score (nSPS) is 10.9. The summed E-state index contributed by atoms with van der Waals surface area (Å²) >= 11 is 5.84. The van der Waals surface area contributed by atoms with E-state index >= 15 is 0 Å². The van der Waals surface area contributed by atoms with Crippen molar-refractivity contribution in [1.29, 1.82) is 0 Å².